The van der Waals surface area contributed by atoms with E-state index in [0.29, 0.717) is 29.5 Å². The molecule has 0 N–H and O–H groups in total. The van der Waals surface area contributed by atoms with Crippen molar-refractivity contribution in [2.24, 2.45) is 0 Å². The second kappa shape index (κ2) is 5.77. The predicted molar refractivity (Wildman–Crippen MR) is 73.9 cm³/mol. The average Bonchev–Trinajstić information content (AvgIpc) is 2.81. The van der Waals surface area contributed by atoms with E-state index in [1.807, 2.05) is 25.1 Å². The zero-order valence-electron chi connectivity index (χ0n) is 12.0. The van der Waals surface area contributed by atoms with E-state index in [9.17, 15) is 4.79 Å². The molecule has 0 unspecified atom stereocenters. The van der Waals surface area contributed by atoms with Crippen molar-refractivity contribution in [1.82, 2.24) is 4.98 Å². The number of aromatic nitrogens is 1. The number of esters is 1. The highest BCUT2D eigenvalue weighted by atomic mass is 16.5. The Balaban J connectivity index is 2.47. The zero-order chi connectivity index (χ0) is 14.7. The lowest BCUT2D eigenvalue weighted by molar-refractivity contribution is 0.0490. The van der Waals surface area contributed by atoms with Crippen molar-refractivity contribution in [1.29, 1.82) is 0 Å². The van der Waals surface area contributed by atoms with Crippen molar-refractivity contribution in [3.8, 4) is 17.2 Å². The number of carbonyl (C=O) groups excluding carboxylic acids is 1. The molecular weight excluding hydrogens is 258 g/mol. The van der Waals surface area contributed by atoms with Crippen LogP contribution in [0.4, 0.5) is 0 Å². The van der Waals surface area contributed by atoms with Crippen LogP contribution in [0.25, 0.3) is 11.5 Å². The Labute approximate surface area is 117 Å². The lowest BCUT2D eigenvalue weighted by Crippen LogP contribution is -2.04. The van der Waals surface area contributed by atoms with Gasteiger partial charge in [0.1, 0.15) is 5.75 Å². The molecule has 0 radical (unpaired) electrons. The minimum Gasteiger partial charge on any atom is -0.496 e. The Morgan fingerprint density at radius 1 is 1.35 bits per heavy atom. The van der Waals surface area contributed by atoms with Gasteiger partial charge in [0.05, 0.1) is 25.0 Å². The third kappa shape index (κ3) is 2.66. The number of nitrogens with zero attached hydrogens (tertiary/aromatic N) is 1. The van der Waals surface area contributed by atoms with Gasteiger partial charge in [0, 0.05) is 0 Å². The topological polar surface area (TPSA) is 61.6 Å². The summed E-state index contributed by atoms with van der Waals surface area (Å²) in [6.07, 6.45) is 0. The molecule has 0 aliphatic carbocycles. The second-order valence-corrected chi connectivity index (χ2v) is 4.36. The fourth-order valence-electron chi connectivity index (χ4n) is 1.89. The van der Waals surface area contributed by atoms with Crippen molar-refractivity contribution in [3.63, 3.8) is 0 Å². The second-order valence-electron chi connectivity index (χ2n) is 4.36. The molecule has 106 valence electrons. The smallest absolute Gasteiger partial charge is 0.376 e. The van der Waals surface area contributed by atoms with Crippen molar-refractivity contribution >= 4 is 5.97 Å². The third-order valence-electron chi connectivity index (χ3n) is 2.84. The van der Waals surface area contributed by atoms with Crippen molar-refractivity contribution in [2.45, 2.75) is 20.8 Å². The maximum atomic E-state index is 11.7. The number of aryl methyl sites for hydroxylation is 2. The minimum absolute atomic E-state index is 0.130. The number of ether oxygens (including phenoxy) is 2. The molecule has 0 aliphatic heterocycles. The third-order valence-corrected chi connectivity index (χ3v) is 2.84. The van der Waals surface area contributed by atoms with Crippen LogP contribution in [0.1, 0.15) is 28.7 Å². The van der Waals surface area contributed by atoms with E-state index in [-0.39, 0.29) is 5.76 Å². The van der Waals surface area contributed by atoms with Gasteiger partial charge in [-0.3, -0.25) is 0 Å². The maximum absolute atomic E-state index is 11.7. The standard InChI is InChI=1S/C15H17NO4/c1-5-19-15(17)13-10(3)16-14(20-13)11-8-9(2)6-7-12(11)18-4/h6-8H,5H2,1-4H3. The molecule has 1 heterocycles. The normalized spacial score (nSPS) is 10.4. The first-order chi connectivity index (χ1) is 9.56. The molecule has 20 heavy (non-hydrogen) atoms. The maximum Gasteiger partial charge on any atom is 0.376 e. The zero-order valence-corrected chi connectivity index (χ0v) is 12.0. The molecule has 0 amide bonds. The Morgan fingerprint density at radius 2 is 2.10 bits per heavy atom. The van der Waals surface area contributed by atoms with Crippen LogP contribution in [0.5, 0.6) is 5.75 Å². The molecule has 0 saturated heterocycles. The average molecular weight is 275 g/mol. The quantitative estimate of drug-likeness (QED) is 0.802. The van der Waals surface area contributed by atoms with Crippen LogP contribution in [-0.2, 0) is 4.74 Å². The molecule has 1 aromatic heterocycles. The first-order valence-corrected chi connectivity index (χ1v) is 6.36. The van der Waals surface area contributed by atoms with E-state index >= 15 is 0 Å². The van der Waals surface area contributed by atoms with Crippen LogP contribution in [0.2, 0.25) is 0 Å². The van der Waals surface area contributed by atoms with E-state index < -0.39 is 5.97 Å². The van der Waals surface area contributed by atoms with Gasteiger partial charge in [-0.2, -0.15) is 0 Å². The summed E-state index contributed by atoms with van der Waals surface area (Å²) in [5.74, 6) is 0.624. The highest BCUT2D eigenvalue weighted by Gasteiger charge is 2.21. The Kier molecular flexibility index (Phi) is 4.08. The highest BCUT2D eigenvalue weighted by molar-refractivity contribution is 5.88. The Hall–Kier alpha value is -2.30. The molecule has 0 fully saturated rings. The number of oxazole rings is 1. The lowest BCUT2D eigenvalue weighted by atomic mass is 10.1. The van der Waals surface area contributed by atoms with Gasteiger partial charge in [0.15, 0.2) is 0 Å². The fraction of sp³-hybridized carbons (Fsp3) is 0.333. The summed E-state index contributed by atoms with van der Waals surface area (Å²) in [6.45, 7) is 5.71. The van der Waals surface area contributed by atoms with E-state index in [0.717, 1.165) is 5.56 Å². The lowest BCUT2D eigenvalue weighted by Gasteiger charge is -2.06. The molecule has 5 nitrogen and oxygen atoms in total. The summed E-state index contributed by atoms with van der Waals surface area (Å²) in [6, 6.07) is 5.68. The molecule has 2 rings (SSSR count). The van der Waals surface area contributed by atoms with Gasteiger partial charge in [-0.25, -0.2) is 9.78 Å². The first kappa shape index (κ1) is 14.1. The fourth-order valence-corrected chi connectivity index (χ4v) is 1.89. The van der Waals surface area contributed by atoms with E-state index in [4.69, 9.17) is 13.9 Å². The molecule has 2 aromatic rings. The predicted octanol–water partition coefficient (Wildman–Crippen LogP) is 3.14. The summed E-state index contributed by atoms with van der Waals surface area (Å²) < 4.78 is 15.8. The van der Waals surface area contributed by atoms with Crippen LogP contribution in [0.15, 0.2) is 22.6 Å². The van der Waals surface area contributed by atoms with E-state index in [1.165, 1.54) is 0 Å². The summed E-state index contributed by atoms with van der Waals surface area (Å²) in [5, 5.41) is 0. The highest BCUT2D eigenvalue weighted by Crippen LogP contribution is 2.31. The Bertz CT molecular complexity index is 631. The SMILES string of the molecule is CCOC(=O)c1oc(-c2cc(C)ccc2OC)nc1C. The molecular formula is C15H17NO4. The molecule has 0 bridgehead atoms. The molecule has 5 heteroatoms. The van der Waals surface area contributed by atoms with Gasteiger partial charge < -0.3 is 13.9 Å². The number of benzene rings is 1. The number of hydrogen-bond acceptors (Lipinski definition) is 5. The van der Waals surface area contributed by atoms with Crippen LogP contribution in [-0.4, -0.2) is 24.7 Å². The van der Waals surface area contributed by atoms with Crippen molar-refractivity contribution in [2.75, 3.05) is 13.7 Å². The minimum atomic E-state index is -0.504. The number of rotatable bonds is 4. The largest absolute Gasteiger partial charge is 0.496 e. The number of hydrogen-bond donors (Lipinski definition) is 0. The van der Waals surface area contributed by atoms with Crippen molar-refractivity contribution in [3.05, 3.63) is 35.2 Å². The van der Waals surface area contributed by atoms with Crippen LogP contribution < -0.4 is 4.74 Å². The molecule has 1 aromatic carbocycles. The number of methoxy groups -OCH3 is 1. The molecule has 0 aliphatic rings. The molecule has 0 atom stereocenters. The van der Waals surface area contributed by atoms with Gasteiger partial charge in [-0.05, 0) is 32.9 Å². The summed E-state index contributed by atoms with van der Waals surface area (Å²) >= 11 is 0. The van der Waals surface area contributed by atoms with Gasteiger partial charge >= 0.3 is 5.97 Å². The summed E-state index contributed by atoms with van der Waals surface area (Å²) in [4.78, 5) is 16.0. The van der Waals surface area contributed by atoms with Gasteiger partial charge in [-0.1, -0.05) is 11.6 Å². The monoisotopic (exact) mass is 275 g/mol. The van der Waals surface area contributed by atoms with Gasteiger partial charge in [-0.15, -0.1) is 0 Å². The van der Waals surface area contributed by atoms with Crippen LogP contribution in [0, 0.1) is 13.8 Å². The van der Waals surface area contributed by atoms with Crippen molar-refractivity contribution < 1.29 is 18.7 Å². The van der Waals surface area contributed by atoms with Crippen LogP contribution in [0.3, 0.4) is 0 Å². The van der Waals surface area contributed by atoms with E-state index in [1.54, 1.807) is 21.0 Å². The van der Waals surface area contributed by atoms with Gasteiger partial charge in [0.2, 0.25) is 11.7 Å². The van der Waals surface area contributed by atoms with Gasteiger partial charge in [0.25, 0.3) is 0 Å². The van der Waals surface area contributed by atoms with Crippen LogP contribution >= 0.6 is 0 Å². The summed E-state index contributed by atoms with van der Waals surface area (Å²) in [5.41, 5.74) is 2.27. The first-order valence-electron chi connectivity index (χ1n) is 6.36. The molecule has 0 saturated carbocycles. The molecule has 0 spiro atoms. The Morgan fingerprint density at radius 3 is 2.75 bits per heavy atom. The summed E-state index contributed by atoms with van der Waals surface area (Å²) in [7, 11) is 1.58. The number of carbonyl (C=O) groups is 1. The van der Waals surface area contributed by atoms with E-state index in [2.05, 4.69) is 4.98 Å².